The zero-order chi connectivity index (χ0) is 11.3. The van der Waals surface area contributed by atoms with E-state index < -0.39 is 0 Å². The van der Waals surface area contributed by atoms with Gasteiger partial charge >= 0.3 is 5.97 Å². The van der Waals surface area contributed by atoms with Crippen LogP contribution in [0.25, 0.3) is 0 Å². The van der Waals surface area contributed by atoms with Crippen LogP contribution in [0.5, 0.6) is 5.75 Å². The molecule has 0 heterocycles. The SMILES string of the molecule is C=CNc1cc(C(=O)OC)ccc1OC. The smallest absolute Gasteiger partial charge is 0.337 e. The van der Waals surface area contributed by atoms with Crippen LogP contribution in [0.2, 0.25) is 0 Å². The molecule has 4 nitrogen and oxygen atoms in total. The monoisotopic (exact) mass is 207 g/mol. The molecule has 0 aliphatic heterocycles. The number of ether oxygens (including phenoxy) is 2. The number of carbonyl (C=O) groups is 1. The molecule has 0 saturated heterocycles. The molecule has 0 bridgehead atoms. The molecule has 4 heteroatoms. The van der Waals surface area contributed by atoms with Crippen molar-refractivity contribution in [3.63, 3.8) is 0 Å². The third kappa shape index (κ3) is 2.49. The van der Waals surface area contributed by atoms with Gasteiger partial charge in [-0.3, -0.25) is 0 Å². The summed E-state index contributed by atoms with van der Waals surface area (Å²) in [6.07, 6.45) is 1.51. The third-order valence-corrected chi connectivity index (χ3v) is 1.88. The van der Waals surface area contributed by atoms with Crippen molar-refractivity contribution in [2.45, 2.75) is 0 Å². The molecule has 1 aromatic rings. The van der Waals surface area contributed by atoms with Crippen LogP contribution in [0.15, 0.2) is 31.0 Å². The second-order valence-corrected chi connectivity index (χ2v) is 2.76. The molecule has 0 aromatic heterocycles. The average molecular weight is 207 g/mol. The lowest BCUT2D eigenvalue weighted by atomic mass is 10.2. The maximum absolute atomic E-state index is 11.3. The minimum absolute atomic E-state index is 0.384. The van der Waals surface area contributed by atoms with Crippen LogP contribution >= 0.6 is 0 Å². The molecule has 0 aliphatic rings. The second kappa shape index (κ2) is 5.05. The fraction of sp³-hybridized carbons (Fsp3) is 0.182. The van der Waals surface area contributed by atoms with Crippen molar-refractivity contribution in [2.75, 3.05) is 19.5 Å². The normalized spacial score (nSPS) is 9.20. The molecular formula is C11H13NO3. The summed E-state index contributed by atoms with van der Waals surface area (Å²) in [5.41, 5.74) is 1.14. The zero-order valence-electron chi connectivity index (χ0n) is 8.74. The Labute approximate surface area is 88.5 Å². The van der Waals surface area contributed by atoms with Crippen molar-refractivity contribution < 1.29 is 14.3 Å². The number of rotatable bonds is 4. The number of methoxy groups -OCH3 is 2. The van der Waals surface area contributed by atoms with Crippen LogP contribution < -0.4 is 10.1 Å². The van der Waals surface area contributed by atoms with Crippen LogP contribution in [-0.4, -0.2) is 20.2 Å². The highest BCUT2D eigenvalue weighted by Gasteiger charge is 2.09. The number of hydrogen-bond acceptors (Lipinski definition) is 4. The first-order chi connectivity index (χ1) is 7.22. The van der Waals surface area contributed by atoms with Gasteiger partial charge < -0.3 is 14.8 Å². The Morgan fingerprint density at radius 3 is 2.73 bits per heavy atom. The van der Waals surface area contributed by atoms with E-state index >= 15 is 0 Å². The second-order valence-electron chi connectivity index (χ2n) is 2.76. The van der Waals surface area contributed by atoms with E-state index in [-0.39, 0.29) is 5.97 Å². The molecule has 1 aromatic carbocycles. The molecule has 0 amide bonds. The molecule has 0 atom stereocenters. The Kier molecular flexibility index (Phi) is 3.74. The van der Waals surface area contributed by atoms with Crippen LogP contribution in [-0.2, 0) is 4.74 Å². The molecule has 0 radical (unpaired) electrons. The maximum atomic E-state index is 11.3. The molecule has 80 valence electrons. The Hall–Kier alpha value is -1.97. The summed E-state index contributed by atoms with van der Waals surface area (Å²) in [5, 5.41) is 2.88. The van der Waals surface area contributed by atoms with E-state index in [1.54, 1.807) is 25.3 Å². The number of anilines is 1. The van der Waals surface area contributed by atoms with Crippen LogP contribution in [0, 0.1) is 0 Å². The molecular weight excluding hydrogens is 194 g/mol. The number of esters is 1. The summed E-state index contributed by atoms with van der Waals surface area (Å²) in [5.74, 6) is 0.257. The zero-order valence-corrected chi connectivity index (χ0v) is 8.74. The van der Waals surface area contributed by atoms with Crippen molar-refractivity contribution in [1.82, 2.24) is 0 Å². The number of hydrogen-bond donors (Lipinski definition) is 1. The molecule has 0 spiro atoms. The first kappa shape index (κ1) is 11.1. The highest BCUT2D eigenvalue weighted by atomic mass is 16.5. The molecule has 0 aliphatic carbocycles. The fourth-order valence-electron chi connectivity index (χ4n) is 1.18. The van der Waals surface area contributed by atoms with Gasteiger partial charge in [-0.05, 0) is 24.4 Å². The first-order valence-electron chi connectivity index (χ1n) is 4.36. The largest absolute Gasteiger partial charge is 0.495 e. The predicted molar refractivity (Wildman–Crippen MR) is 58.2 cm³/mol. The van der Waals surface area contributed by atoms with Gasteiger partial charge in [-0.15, -0.1) is 0 Å². The number of benzene rings is 1. The quantitative estimate of drug-likeness (QED) is 0.767. The summed E-state index contributed by atoms with van der Waals surface area (Å²) in [6.45, 7) is 3.54. The molecule has 0 unspecified atom stereocenters. The van der Waals surface area contributed by atoms with Gasteiger partial charge in [0.25, 0.3) is 0 Å². The van der Waals surface area contributed by atoms with E-state index in [4.69, 9.17) is 4.74 Å². The van der Waals surface area contributed by atoms with Gasteiger partial charge in [-0.2, -0.15) is 0 Å². The van der Waals surface area contributed by atoms with Crippen molar-refractivity contribution in [3.8, 4) is 5.75 Å². The minimum atomic E-state index is -0.384. The topological polar surface area (TPSA) is 47.6 Å². The third-order valence-electron chi connectivity index (χ3n) is 1.88. The van der Waals surface area contributed by atoms with Gasteiger partial charge in [0.1, 0.15) is 5.75 Å². The van der Waals surface area contributed by atoms with Gasteiger partial charge in [0.05, 0.1) is 25.5 Å². The summed E-state index contributed by atoms with van der Waals surface area (Å²) >= 11 is 0. The van der Waals surface area contributed by atoms with Crippen LogP contribution in [0.4, 0.5) is 5.69 Å². The van der Waals surface area contributed by atoms with Gasteiger partial charge in [0, 0.05) is 0 Å². The molecule has 0 fully saturated rings. The lowest BCUT2D eigenvalue weighted by molar-refractivity contribution is 0.0601. The van der Waals surface area contributed by atoms with E-state index in [9.17, 15) is 4.79 Å². The Bertz CT molecular complexity index is 374. The highest BCUT2D eigenvalue weighted by Crippen LogP contribution is 2.25. The van der Waals surface area contributed by atoms with E-state index in [0.29, 0.717) is 17.0 Å². The van der Waals surface area contributed by atoms with Crippen molar-refractivity contribution in [3.05, 3.63) is 36.5 Å². The van der Waals surface area contributed by atoms with Gasteiger partial charge in [0.2, 0.25) is 0 Å². The van der Waals surface area contributed by atoms with Crippen molar-refractivity contribution in [2.24, 2.45) is 0 Å². The molecule has 1 N–H and O–H groups in total. The summed E-state index contributed by atoms with van der Waals surface area (Å²) in [6, 6.07) is 4.98. The lowest BCUT2D eigenvalue weighted by Crippen LogP contribution is -2.02. The van der Waals surface area contributed by atoms with Gasteiger partial charge in [0.15, 0.2) is 0 Å². The molecule has 1 rings (SSSR count). The number of nitrogens with one attached hydrogen (secondary N) is 1. The van der Waals surface area contributed by atoms with Crippen molar-refractivity contribution >= 4 is 11.7 Å². The van der Waals surface area contributed by atoms with Gasteiger partial charge in [-0.25, -0.2) is 4.79 Å². The maximum Gasteiger partial charge on any atom is 0.337 e. The van der Waals surface area contributed by atoms with E-state index in [2.05, 4.69) is 16.6 Å². The van der Waals surface area contributed by atoms with Gasteiger partial charge in [-0.1, -0.05) is 6.58 Å². The average Bonchev–Trinajstić information content (AvgIpc) is 2.28. The lowest BCUT2D eigenvalue weighted by Gasteiger charge is -2.09. The molecule has 15 heavy (non-hydrogen) atoms. The molecule has 0 saturated carbocycles. The predicted octanol–water partition coefficient (Wildman–Crippen LogP) is 2.04. The Balaban J connectivity index is 3.09. The van der Waals surface area contributed by atoms with Crippen LogP contribution in [0.1, 0.15) is 10.4 Å². The number of carbonyl (C=O) groups excluding carboxylic acids is 1. The summed E-state index contributed by atoms with van der Waals surface area (Å²) in [4.78, 5) is 11.3. The standard InChI is InChI=1S/C11H13NO3/c1-4-12-9-7-8(11(13)15-3)5-6-10(9)14-2/h4-7,12H,1H2,2-3H3. The minimum Gasteiger partial charge on any atom is -0.495 e. The van der Waals surface area contributed by atoms with Crippen molar-refractivity contribution in [1.29, 1.82) is 0 Å². The van der Waals surface area contributed by atoms with E-state index in [1.165, 1.54) is 13.3 Å². The highest BCUT2D eigenvalue weighted by molar-refractivity contribution is 5.91. The Morgan fingerprint density at radius 1 is 1.47 bits per heavy atom. The first-order valence-corrected chi connectivity index (χ1v) is 4.36. The van der Waals surface area contributed by atoms with E-state index in [0.717, 1.165) is 0 Å². The summed E-state index contributed by atoms with van der Waals surface area (Å²) < 4.78 is 9.71. The summed E-state index contributed by atoms with van der Waals surface area (Å²) in [7, 11) is 2.90. The van der Waals surface area contributed by atoms with E-state index in [1.807, 2.05) is 0 Å². The fourth-order valence-corrected chi connectivity index (χ4v) is 1.18. The Morgan fingerprint density at radius 2 is 2.20 bits per heavy atom. The van der Waals surface area contributed by atoms with Crippen LogP contribution in [0.3, 0.4) is 0 Å².